The van der Waals surface area contributed by atoms with Gasteiger partial charge in [-0.15, -0.1) is 0 Å². The fourth-order valence-corrected chi connectivity index (χ4v) is 2.46. The first-order chi connectivity index (χ1) is 9.72. The largest absolute Gasteiger partial charge is 0.339 e. The minimum absolute atomic E-state index is 0.156. The molecule has 2 aromatic rings. The van der Waals surface area contributed by atoms with Crippen molar-refractivity contribution >= 4 is 0 Å². The van der Waals surface area contributed by atoms with E-state index in [0.717, 1.165) is 32.0 Å². The van der Waals surface area contributed by atoms with E-state index < -0.39 is 11.6 Å². The lowest BCUT2D eigenvalue weighted by atomic mass is 9.96. The second-order valence-corrected chi connectivity index (χ2v) is 5.05. The third kappa shape index (κ3) is 2.85. The maximum Gasteiger partial charge on any atom is 0.227 e. The molecule has 4 nitrogen and oxygen atoms in total. The van der Waals surface area contributed by atoms with Crippen LogP contribution in [0.5, 0.6) is 0 Å². The average Bonchev–Trinajstić information content (AvgIpc) is 2.88. The molecule has 1 saturated heterocycles. The van der Waals surface area contributed by atoms with Gasteiger partial charge in [-0.2, -0.15) is 4.98 Å². The SMILES string of the molecule is Fc1ccc(-c2noc(CC3CCCNC3)n2)c(F)c1. The number of benzene rings is 1. The Morgan fingerprint density at radius 1 is 1.35 bits per heavy atom. The zero-order valence-corrected chi connectivity index (χ0v) is 10.9. The molecule has 0 aliphatic carbocycles. The molecular weight excluding hydrogens is 264 g/mol. The van der Waals surface area contributed by atoms with Crippen molar-refractivity contribution in [3.05, 3.63) is 35.7 Å². The van der Waals surface area contributed by atoms with E-state index in [-0.39, 0.29) is 11.4 Å². The molecule has 1 aromatic carbocycles. The molecule has 1 unspecified atom stereocenters. The summed E-state index contributed by atoms with van der Waals surface area (Å²) in [4.78, 5) is 4.20. The Labute approximate surface area is 115 Å². The van der Waals surface area contributed by atoms with E-state index in [2.05, 4.69) is 15.5 Å². The highest BCUT2D eigenvalue weighted by Gasteiger charge is 2.18. The van der Waals surface area contributed by atoms with Crippen molar-refractivity contribution in [2.75, 3.05) is 13.1 Å². The van der Waals surface area contributed by atoms with Crippen LogP contribution in [0.1, 0.15) is 18.7 Å². The molecule has 1 atom stereocenters. The van der Waals surface area contributed by atoms with Crippen LogP contribution < -0.4 is 5.32 Å². The summed E-state index contributed by atoms with van der Waals surface area (Å²) < 4.78 is 31.7. The third-order valence-electron chi connectivity index (χ3n) is 3.50. The summed E-state index contributed by atoms with van der Waals surface area (Å²) in [5, 5.41) is 7.09. The Kier molecular flexibility index (Phi) is 3.73. The molecule has 3 rings (SSSR count). The number of piperidine rings is 1. The first-order valence-corrected chi connectivity index (χ1v) is 6.71. The van der Waals surface area contributed by atoms with E-state index >= 15 is 0 Å². The summed E-state index contributed by atoms with van der Waals surface area (Å²) in [6.07, 6.45) is 2.94. The molecule has 6 heteroatoms. The van der Waals surface area contributed by atoms with Gasteiger partial charge >= 0.3 is 0 Å². The Hall–Kier alpha value is -1.82. The first kappa shape index (κ1) is 13.2. The van der Waals surface area contributed by atoms with Crippen molar-refractivity contribution in [1.82, 2.24) is 15.5 Å². The number of nitrogens with zero attached hydrogens (tertiary/aromatic N) is 2. The lowest BCUT2D eigenvalue weighted by molar-refractivity contribution is 0.316. The van der Waals surface area contributed by atoms with E-state index in [1.807, 2.05) is 0 Å². The summed E-state index contributed by atoms with van der Waals surface area (Å²) >= 11 is 0. The molecule has 0 radical (unpaired) electrons. The molecule has 1 aliphatic rings. The Morgan fingerprint density at radius 3 is 3.00 bits per heavy atom. The first-order valence-electron chi connectivity index (χ1n) is 6.71. The number of hydrogen-bond donors (Lipinski definition) is 1. The number of halogens is 2. The Bertz CT molecular complexity index is 594. The summed E-state index contributed by atoms with van der Waals surface area (Å²) in [7, 11) is 0. The second-order valence-electron chi connectivity index (χ2n) is 5.05. The van der Waals surface area contributed by atoms with Crippen molar-refractivity contribution < 1.29 is 13.3 Å². The van der Waals surface area contributed by atoms with Crippen LogP contribution in [-0.2, 0) is 6.42 Å². The fraction of sp³-hybridized carbons (Fsp3) is 0.429. The predicted molar refractivity (Wildman–Crippen MR) is 68.9 cm³/mol. The van der Waals surface area contributed by atoms with E-state index in [1.165, 1.54) is 12.1 Å². The van der Waals surface area contributed by atoms with Crippen LogP contribution in [-0.4, -0.2) is 23.2 Å². The topological polar surface area (TPSA) is 51.0 Å². The summed E-state index contributed by atoms with van der Waals surface area (Å²) in [5.74, 6) is -0.172. The van der Waals surface area contributed by atoms with Gasteiger partial charge in [0, 0.05) is 12.5 Å². The van der Waals surface area contributed by atoms with Crippen LogP contribution in [0.3, 0.4) is 0 Å². The maximum absolute atomic E-state index is 13.6. The molecule has 0 bridgehead atoms. The fourth-order valence-electron chi connectivity index (χ4n) is 2.46. The number of aromatic nitrogens is 2. The maximum atomic E-state index is 13.6. The lowest BCUT2D eigenvalue weighted by Crippen LogP contribution is -2.30. The van der Waals surface area contributed by atoms with Crippen molar-refractivity contribution in [2.45, 2.75) is 19.3 Å². The normalized spacial score (nSPS) is 19.2. The van der Waals surface area contributed by atoms with Crippen molar-refractivity contribution in [3.8, 4) is 11.4 Å². The van der Waals surface area contributed by atoms with Gasteiger partial charge in [-0.25, -0.2) is 8.78 Å². The highest BCUT2D eigenvalue weighted by atomic mass is 19.1. The van der Waals surface area contributed by atoms with Crippen molar-refractivity contribution in [2.24, 2.45) is 5.92 Å². The standard InChI is InChI=1S/C14H15F2N3O/c15-10-3-4-11(12(16)7-10)14-18-13(20-19-14)6-9-2-1-5-17-8-9/h3-4,7,9,17H,1-2,5-6,8H2. The quantitative estimate of drug-likeness (QED) is 0.938. The van der Waals surface area contributed by atoms with Crippen LogP contribution in [0, 0.1) is 17.6 Å². The molecule has 1 aliphatic heterocycles. The molecule has 106 valence electrons. The number of hydrogen-bond acceptors (Lipinski definition) is 4. The minimum Gasteiger partial charge on any atom is -0.339 e. The van der Waals surface area contributed by atoms with Gasteiger partial charge in [0.25, 0.3) is 0 Å². The average molecular weight is 279 g/mol. The van der Waals surface area contributed by atoms with Crippen LogP contribution >= 0.6 is 0 Å². The molecule has 1 fully saturated rings. The van der Waals surface area contributed by atoms with Gasteiger partial charge in [0.15, 0.2) is 0 Å². The van der Waals surface area contributed by atoms with Crippen LogP contribution in [0.2, 0.25) is 0 Å². The highest BCUT2D eigenvalue weighted by molar-refractivity contribution is 5.54. The third-order valence-corrected chi connectivity index (χ3v) is 3.50. The van der Waals surface area contributed by atoms with Crippen molar-refractivity contribution in [1.29, 1.82) is 0 Å². The van der Waals surface area contributed by atoms with Gasteiger partial charge < -0.3 is 9.84 Å². The van der Waals surface area contributed by atoms with Crippen molar-refractivity contribution in [3.63, 3.8) is 0 Å². The van der Waals surface area contributed by atoms with Gasteiger partial charge in [0.2, 0.25) is 11.7 Å². The Balaban J connectivity index is 1.75. The summed E-state index contributed by atoms with van der Waals surface area (Å²) in [6.45, 7) is 1.98. The van der Waals surface area contributed by atoms with E-state index in [0.29, 0.717) is 18.2 Å². The number of nitrogens with one attached hydrogen (secondary N) is 1. The Morgan fingerprint density at radius 2 is 2.25 bits per heavy atom. The summed E-state index contributed by atoms with van der Waals surface area (Å²) in [5.41, 5.74) is 0.156. The molecule has 0 spiro atoms. The molecule has 0 amide bonds. The molecule has 20 heavy (non-hydrogen) atoms. The molecule has 1 aromatic heterocycles. The zero-order valence-electron chi connectivity index (χ0n) is 10.9. The molecule has 0 saturated carbocycles. The molecule has 2 heterocycles. The predicted octanol–water partition coefficient (Wildman–Crippen LogP) is 2.56. The minimum atomic E-state index is -0.684. The van der Waals surface area contributed by atoms with Gasteiger partial charge in [0.05, 0.1) is 5.56 Å². The van der Waals surface area contributed by atoms with Gasteiger partial charge in [-0.1, -0.05) is 5.16 Å². The lowest BCUT2D eigenvalue weighted by Gasteiger charge is -2.20. The summed E-state index contributed by atoms with van der Waals surface area (Å²) in [6, 6.07) is 3.32. The van der Waals surface area contributed by atoms with Crippen LogP contribution in [0.25, 0.3) is 11.4 Å². The zero-order chi connectivity index (χ0) is 13.9. The van der Waals surface area contributed by atoms with Crippen LogP contribution in [0.15, 0.2) is 22.7 Å². The van der Waals surface area contributed by atoms with Gasteiger partial charge in [0.1, 0.15) is 11.6 Å². The van der Waals surface area contributed by atoms with Gasteiger partial charge in [-0.3, -0.25) is 0 Å². The molecule has 1 N–H and O–H groups in total. The highest BCUT2D eigenvalue weighted by Crippen LogP contribution is 2.22. The monoisotopic (exact) mass is 279 g/mol. The second kappa shape index (κ2) is 5.66. The number of rotatable bonds is 3. The smallest absolute Gasteiger partial charge is 0.227 e. The van der Waals surface area contributed by atoms with E-state index in [4.69, 9.17) is 4.52 Å². The van der Waals surface area contributed by atoms with Gasteiger partial charge in [-0.05, 0) is 44.0 Å². The molecular formula is C14H15F2N3O. The van der Waals surface area contributed by atoms with E-state index in [1.54, 1.807) is 0 Å². The van der Waals surface area contributed by atoms with Crippen LogP contribution in [0.4, 0.5) is 8.78 Å². The van der Waals surface area contributed by atoms with E-state index in [9.17, 15) is 8.78 Å².